The maximum atomic E-state index is 12.6. The lowest BCUT2D eigenvalue weighted by Crippen LogP contribution is -2.28. The maximum Gasteiger partial charge on any atom is 0.332 e. The SMILES string of the molecule is O=C(O)C(=Cc1cccc2ccccc12)C(CC(=O)C1CCCCC1)C(=O)O. The summed E-state index contributed by atoms with van der Waals surface area (Å²) in [6.07, 6.45) is 5.67. The van der Waals surface area contributed by atoms with Crippen molar-refractivity contribution >= 4 is 34.6 Å². The van der Waals surface area contributed by atoms with Crippen molar-refractivity contribution in [3.63, 3.8) is 0 Å². The summed E-state index contributed by atoms with van der Waals surface area (Å²) in [6, 6.07) is 13.0. The van der Waals surface area contributed by atoms with E-state index in [0.717, 1.165) is 42.9 Å². The van der Waals surface area contributed by atoms with Gasteiger partial charge < -0.3 is 10.2 Å². The van der Waals surface area contributed by atoms with Crippen LogP contribution >= 0.6 is 0 Å². The van der Waals surface area contributed by atoms with E-state index in [0.29, 0.717) is 5.56 Å². The number of rotatable bonds is 7. The third-order valence-electron chi connectivity index (χ3n) is 5.52. The number of carboxylic acids is 2. The van der Waals surface area contributed by atoms with Crippen molar-refractivity contribution in [1.29, 1.82) is 0 Å². The van der Waals surface area contributed by atoms with Gasteiger partial charge in [0.2, 0.25) is 0 Å². The molecule has 0 aromatic heterocycles. The molecule has 0 spiro atoms. The van der Waals surface area contributed by atoms with Crippen LogP contribution in [0.3, 0.4) is 0 Å². The molecule has 5 heteroatoms. The fourth-order valence-electron chi connectivity index (χ4n) is 3.98. The summed E-state index contributed by atoms with van der Waals surface area (Å²) in [5.41, 5.74) is 0.375. The predicted octanol–water partition coefficient (Wildman–Crippen LogP) is 4.55. The monoisotopic (exact) mass is 380 g/mol. The zero-order valence-corrected chi connectivity index (χ0v) is 15.6. The van der Waals surface area contributed by atoms with Crippen molar-refractivity contribution in [2.45, 2.75) is 38.5 Å². The number of fused-ring (bicyclic) bond motifs is 1. The first-order valence-electron chi connectivity index (χ1n) is 9.65. The van der Waals surface area contributed by atoms with E-state index in [1.165, 1.54) is 6.08 Å². The highest BCUT2D eigenvalue weighted by Crippen LogP contribution is 2.30. The van der Waals surface area contributed by atoms with Gasteiger partial charge in [0, 0.05) is 12.3 Å². The highest BCUT2D eigenvalue weighted by atomic mass is 16.4. The van der Waals surface area contributed by atoms with Gasteiger partial charge in [-0.2, -0.15) is 0 Å². The molecule has 2 aromatic rings. The molecule has 1 aliphatic rings. The molecule has 1 fully saturated rings. The Morgan fingerprint density at radius 3 is 2.32 bits per heavy atom. The second-order valence-electron chi connectivity index (χ2n) is 7.37. The fourth-order valence-corrected chi connectivity index (χ4v) is 3.98. The van der Waals surface area contributed by atoms with Gasteiger partial charge in [-0.25, -0.2) is 4.79 Å². The lowest BCUT2D eigenvalue weighted by Gasteiger charge is -2.22. The van der Waals surface area contributed by atoms with Crippen LogP contribution in [-0.2, 0) is 14.4 Å². The summed E-state index contributed by atoms with van der Waals surface area (Å²) in [4.78, 5) is 36.4. The van der Waals surface area contributed by atoms with E-state index in [1.54, 1.807) is 12.1 Å². The van der Waals surface area contributed by atoms with Gasteiger partial charge in [-0.3, -0.25) is 9.59 Å². The highest BCUT2D eigenvalue weighted by Gasteiger charge is 2.32. The smallest absolute Gasteiger partial charge is 0.332 e. The minimum absolute atomic E-state index is 0.142. The Morgan fingerprint density at radius 2 is 1.64 bits per heavy atom. The normalized spacial score (nSPS) is 16.6. The standard InChI is InChI=1S/C23H24O5/c24-21(16-8-2-1-3-9-16)14-20(23(27)28)19(22(25)26)13-17-11-6-10-15-7-4-5-12-18(15)17/h4-7,10-13,16,20H,1-3,8-9,14H2,(H,25,26)(H,27,28). The topological polar surface area (TPSA) is 91.7 Å². The zero-order valence-electron chi connectivity index (χ0n) is 15.6. The van der Waals surface area contributed by atoms with Crippen molar-refractivity contribution in [2.75, 3.05) is 0 Å². The van der Waals surface area contributed by atoms with Crippen molar-refractivity contribution in [1.82, 2.24) is 0 Å². The van der Waals surface area contributed by atoms with Crippen molar-refractivity contribution < 1.29 is 24.6 Å². The molecular weight excluding hydrogens is 356 g/mol. The van der Waals surface area contributed by atoms with Crippen LogP contribution in [-0.4, -0.2) is 27.9 Å². The number of hydrogen-bond acceptors (Lipinski definition) is 3. The minimum Gasteiger partial charge on any atom is -0.481 e. The Balaban J connectivity index is 1.95. The molecule has 2 aromatic carbocycles. The molecule has 146 valence electrons. The summed E-state index contributed by atoms with van der Waals surface area (Å²) in [6.45, 7) is 0. The predicted molar refractivity (Wildman–Crippen MR) is 107 cm³/mol. The van der Waals surface area contributed by atoms with Gasteiger partial charge in [0.15, 0.2) is 0 Å². The quantitative estimate of drug-likeness (QED) is 0.688. The summed E-state index contributed by atoms with van der Waals surface area (Å²) in [5.74, 6) is -4.24. The molecule has 28 heavy (non-hydrogen) atoms. The van der Waals surface area contributed by atoms with Gasteiger partial charge in [0.1, 0.15) is 5.78 Å². The van der Waals surface area contributed by atoms with E-state index in [-0.39, 0.29) is 23.7 Å². The Morgan fingerprint density at radius 1 is 0.964 bits per heavy atom. The molecule has 1 unspecified atom stereocenters. The lowest BCUT2D eigenvalue weighted by atomic mass is 9.81. The van der Waals surface area contributed by atoms with Crippen LogP contribution in [0.25, 0.3) is 16.8 Å². The summed E-state index contributed by atoms with van der Waals surface area (Å²) in [7, 11) is 0. The zero-order chi connectivity index (χ0) is 20.1. The highest BCUT2D eigenvalue weighted by molar-refractivity contribution is 6.02. The molecule has 0 amide bonds. The average molecular weight is 380 g/mol. The molecule has 1 aliphatic carbocycles. The van der Waals surface area contributed by atoms with Crippen LogP contribution < -0.4 is 0 Å². The van der Waals surface area contributed by atoms with Crippen LogP contribution in [0.2, 0.25) is 0 Å². The molecule has 5 nitrogen and oxygen atoms in total. The second-order valence-corrected chi connectivity index (χ2v) is 7.37. The van der Waals surface area contributed by atoms with Crippen molar-refractivity contribution in [3.05, 3.63) is 53.6 Å². The van der Waals surface area contributed by atoms with Gasteiger partial charge in [0.05, 0.1) is 11.5 Å². The summed E-state index contributed by atoms with van der Waals surface area (Å²) < 4.78 is 0. The second kappa shape index (κ2) is 8.83. The molecule has 1 saturated carbocycles. The van der Waals surface area contributed by atoms with Crippen molar-refractivity contribution in [3.8, 4) is 0 Å². The first kappa shape index (κ1) is 19.8. The summed E-state index contributed by atoms with van der Waals surface area (Å²) >= 11 is 0. The van der Waals surface area contributed by atoms with E-state index >= 15 is 0 Å². The Hall–Kier alpha value is -2.95. The van der Waals surface area contributed by atoms with Crippen LogP contribution in [0, 0.1) is 11.8 Å². The van der Waals surface area contributed by atoms with E-state index in [1.807, 2.05) is 30.3 Å². The van der Waals surface area contributed by atoms with Gasteiger partial charge in [-0.15, -0.1) is 0 Å². The van der Waals surface area contributed by atoms with Gasteiger partial charge in [0.25, 0.3) is 0 Å². The Kier molecular flexibility index (Phi) is 6.24. The Labute approximate surface area is 163 Å². The van der Waals surface area contributed by atoms with E-state index in [2.05, 4.69) is 0 Å². The largest absolute Gasteiger partial charge is 0.481 e. The Bertz CT molecular complexity index is 916. The third-order valence-corrected chi connectivity index (χ3v) is 5.52. The first-order valence-corrected chi connectivity index (χ1v) is 9.65. The summed E-state index contributed by atoms with van der Waals surface area (Å²) in [5, 5.41) is 21.2. The number of carboxylic acid groups (broad SMARTS) is 2. The number of hydrogen-bond donors (Lipinski definition) is 2. The number of benzene rings is 2. The minimum atomic E-state index is -1.36. The molecule has 0 aliphatic heterocycles. The van der Waals surface area contributed by atoms with Gasteiger partial charge in [-0.1, -0.05) is 61.7 Å². The van der Waals surface area contributed by atoms with Crippen LogP contribution in [0.4, 0.5) is 0 Å². The molecule has 0 radical (unpaired) electrons. The number of carbonyl (C=O) groups excluding carboxylic acids is 1. The van der Waals surface area contributed by atoms with Crippen LogP contribution in [0.5, 0.6) is 0 Å². The van der Waals surface area contributed by atoms with Crippen molar-refractivity contribution in [2.24, 2.45) is 11.8 Å². The number of aliphatic carboxylic acids is 2. The molecule has 1 atom stereocenters. The van der Waals surface area contributed by atoms with E-state index in [4.69, 9.17) is 0 Å². The molecule has 0 heterocycles. The van der Waals surface area contributed by atoms with E-state index in [9.17, 15) is 24.6 Å². The number of Topliss-reactive ketones (excluding diaryl/α,β-unsaturated/α-hetero) is 1. The molecule has 3 rings (SSSR count). The van der Waals surface area contributed by atoms with Crippen LogP contribution in [0.1, 0.15) is 44.1 Å². The average Bonchev–Trinajstić information content (AvgIpc) is 2.70. The third kappa shape index (κ3) is 4.47. The molecule has 0 saturated heterocycles. The van der Waals surface area contributed by atoms with E-state index < -0.39 is 17.9 Å². The first-order chi connectivity index (χ1) is 13.5. The number of ketones is 1. The molecule has 0 bridgehead atoms. The van der Waals surface area contributed by atoms with Gasteiger partial charge in [-0.05, 0) is 35.3 Å². The maximum absolute atomic E-state index is 12.6. The lowest BCUT2D eigenvalue weighted by molar-refractivity contribution is -0.145. The van der Waals surface area contributed by atoms with Gasteiger partial charge >= 0.3 is 11.9 Å². The van der Waals surface area contributed by atoms with Crippen LogP contribution in [0.15, 0.2) is 48.0 Å². The fraction of sp³-hybridized carbons (Fsp3) is 0.348. The number of carbonyl (C=O) groups is 3. The molecular formula is C23H24O5. The molecule has 2 N–H and O–H groups in total.